The van der Waals surface area contributed by atoms with Gasteiger partial charge in [-0.25, -0.2) is 0 Å². The van der Waals surface area contributed by atoms with E-state index in [0.717, 1.165) is 46.5 Å². The van der Waals surface area contributed by atoms with E-state index in [1.165, 1.54) is 11.3 Å². The summed E-state index contributed by atoms with van der Waals surface area (Å²) < 4.78 is 1.06. The summed E-state index contributed by atoms with van der Waals surface area (Å²) >= 11 is 10.8. The van der Waals surface area contributed by atoms with Gasteiger partial charge < -0.3 is 4.90 Å². The second-order valence-electron chi connectivity index (χ2n) is 4.69. The van der Waals surface area contributed by atoms with Gasteiger partial charge in [-0.2, -0.15) is 0 Å². The molecule has 2 heterocycles. The molecule has 0 spiro atoms. The Bertz CT molecular complexity index is 415. The monoisotopic (exact) mass is 349 g/mol. The molecule has 1 fully saturated rings. The number of alkyl halides is 1. The average Bonchev–Trinajstić information content (AvgIpc) is 2.94. The van der Waals surface area contributed by atoms with E-state index in [1.807, 2.05) is 17.9 Å². The lowest BCUT2D eigenvalue weighted by Crippen LogP contribution is -2.35. The van der Waals surface area contributed by atoms with Gasteiger partial charge in [0.15, 0.2) is 0 Å². The fraction of sp³-hybridized carbons (Fsp3) is 0.615. The van der Waals surface area contributed by atoms with Gasteiger partial charge in [0.25, 0.3) is 5.91 Å². The second-order valence-corrected chi connectivity index (χ2v) is 7.44. The van der Waals surface area contributed by atoms with Gasteiger partial charge in [0.2, 0.25) is 0 Å². The third-order valence-electron chi connectivity index (χ3n) is 3.38. The Morgan fingerprint density at radius 1 is 1.67 bits per heavy atom. The lowest BCUT2D eigenvalue weighted by Gasteiger charge is -2.23. The molecular weight excluding hydrogens is 334 g/mol. The van der Waals surface area contributed by atoms with Crippen molar-refractivity contribution in [1.29, 1.82) is 0 Å². The van der Waals surface area contributed by atoms with Gasteiger partial charge in [0.05, 0.1) is 8.66 Å². The zero-order valence-corrected chi connectivity index (χ0v) is 13.6. The van der Waals surface area contributed by atoms with Crippen molar-refractivity contribution in [3.63, 3.8) is 0 Å². The Morgan fingerprint density at radius 2 is 2.44 bits per heavy atom. The Morgan fingerprint density at radius 3 is 3.06 bits per heavy atom. The molecule has 1 aliphatic rings. The first-order chi connectivity index (χ1) is 8.63. The molecule has 0 aliphatic carbocycles. The van der Waals surface area contributed by atoms with Crippen molar-refractivity contribution in [2.24, 2.45) is 0 Å². The van der Waals surface area contributed by atoms with Crippen molar-refractivity contribution >= 4 is 44.8 Å². The Balaban J connectivity index is 2.07. The van der Waals surface area contributed by atoms with Crippen LogP contribution in [0.4, 0.5) is 0 Å². The highest BCUT2D eigenvalue weighted by Gasteiger charge is 2.29. The average molecular weight is 351 g/mol. The number of rotatable bonds is 4. The van der Waals surface area contributed by atoms with Gasteiger partial charge in [-0.3, -0.25) is 4.79 Å². The number of nitrogens with zero attached hydrogens (tertiary/aromatic N) is 1. The van der Waals surface area contributed by atoms with Crippen molar-refractivity contribution < 1.29 is 4.79 Å². The second kappa shape index (κ2) is 6.40. The first-order valence-corrected chi connectivity index (χ1v) is 8.40. The number of carbonyl (C=O) groups excluding carboxylic acids is 1. The number of amides is 1. The predicted octanol–water partition coefficient (Wildman–Crippen LogP) is 4.44. The molecule has 100 valence electrons. The fourth-order valence-electron chi connectivity index (χ4n) is 2.42. The Labute approximate surface area is 125 Å². The van der Waals surface area contributed by atoms with E-state index < -0.39 is 0 Å². The summed E-state index contributed by atoms with van der Waals surface area (Å²) in [6.07, 6.45) is 4.25. The van der Waals surface area contributed by atoms with Crippen LogP contribution in [0.2, 0.25) is 0 Å². The van der Waals surface area contributed by atoms with Crippen LogP contribution in [0.1, 0.15) is 40.9 Å². The van der Waals surface area contributed by atoms with Crippen molar-refractivity contribution in [1.82, 2.24) is 4.90 Å². The zero-order chi connectivity index (χ0) is 13.1. The van der Waals surface area contributed by atoms with Crippen LogP contribution in [0.25, 0.3) is 0 Å². The van der Waals surface area contributed by atoms with Gasteiger partial charge in [-0.1, -0.05) is 0 Å². The maximum Gasteiger partial charge on any atom is 0.264 e. The van der Waals surface area contributed by atoms with Crippen LogP contribution in [0, 0.1) is 6.92 Å². The third-order valence-corrected chi connectivity index (χ3v) is 5.77. The SMILES string of the molecule is Cc1cc(C(=O)N2CCCC2CCCCl)sc1Br. The lowest BCUT2D eigenvalue weighted by molar-refractivity contribution is 0.0735. The minimum atomic E-state index is 0.186. The number of halogens is 2. The highest BCUT2D eigenvalue weighted by Crippen LogP contribution is 2.31. The van der Waals surface area contributed by atoms with Gasteiger partial charge in [-0.05, 0) is 60.2 Å². The summed E-state index contributed by atoms with van der Waals surface area (Å²) in [7, 11) is 0. The molecule has 1 saturated heterocycles. The fourth-order valence-corrected chi connectivity index (χ4v) is 4.07. The summed E-state index contributed by atoms with van der Waals surface area (Å²) in [5, 5.41) is 0. The van der Waals surface area contributed by atoms with Gasteiger partial charge >= 0.3 is 0 Å². The van der Waals surface area contributed by atoms with Crippen LogP contribution >= 0.6 is 38.9 Å². The highest BCUT2D eigenvalue weighted by atomic mass is 79.9. The lowest BCUT2D eigenvalue weighted by atomic mass is 10.1. The van der Waals surface area contributed by atoms with Gasteiger partial charge in [-0.15, -0.1) is 22.9 Å². The van der Waals surface area contributed by atoms with Crippen LogP contribution in [0.5, 0.6) is 0 Å². The van der Waals surface area contributed by atoms with E-state index in [2.05, 4.69) is 15.9 Å². The topological polar surface area (TPSA) is 20.3 Å². The van der Waals surface area contributed by atoms with E-state index in [-0.39, 0.29) is 5.91 Å². The third kappa shape index (κ3) is 3.09. The summed E-state index contributed by atoms with van der Waals surface area (Å²) in [4.78, 5) is 15.3. The van der Waals surface area contributed by atoms with E-state index in [0.29, 0.717) is 11.9 Å². The molecule has 0 N–H and O–H groups in total. The first-order valence-electron chi connectivity index (χ1n) is 6.26. The molecule has 2 nitrogen and oxygen atoms in total. The van der Waals surface area contributed by atoms with Crippen LogP contribution in [0.15, 0.2) is 9.85 Å². The Hall–Kier alpha value is -0.0600. The number of hydrogen-bond donors (Lipinski definition) is 0. The van der Waals surface area contributed by atoms with Crippen LogP contribution < -0.4 is 0 Å². The van der Waals surface area contributed by atoms with Crippen molar-refractivity contribution in [2.75, 3.05) is 12.4 Å². The molecule has 0 radical (unpaired) electrons. The number of hydrogen-bond acceptors (Lipinski definition) is 2. The van der Waals surface area contributed by atoms with Crippen molar-refractivity contribution in [3.8, 4) is 0 Å². The predicted molar refractivity (Wildman–Crippen MR) is 80.8 cm³/mol. The molecular formula is C13H17BrClNOS. The first kappa shape index (κ1) is 14.4. The molecule has 1 aromatic rings. The van der Waals surface area contributed by atoms with E-state index >= 15 is 0 Å². The minimum absolute atomic E-state index is 0.186. The Kier molecular flexibility index (Phi) is 5.10. The molecule has 1 aromatic heterocycles. The van der Waals surface area contributed by atoms with Crippen molar-refractivity contribution in [2.45, 2.75) is 38.6 Å². The number of aryl methyl sites for hydroxylation is 1. The summed E-state index contributed by atoms with van der Waals surface area (Å²) in [6.45, 7) is 2.91. The normalized spacial score (nSPS) is 19.5. The molecule has 2 rings (SSSR count). The summed E-state index contributed by atoms with van der Waals surface area (Å²) in [5.41, 5.74) is 1.14. The molecule has 0 bridgehead atoms. The van der Waals surface area contributed by atoms with Crippen LogP contribution in [0.3, 0.4) is 0 Å². The molecule has 5 heteroatoms. The number of carbonyl (C=O) groups is 1. The van der Waals surface area contributed by atoms with Crippen molar-refractivity contribution in [3.05, 3.63) is 20.3 Å². The van der Waals surface area contributed by atoms with E-state index in [1.54, 1.807) is 0 Å². The highest BCUT2D eigenvalue weighted by molar-refractivity contribution is 9.11. The van der Waals surface area contributed by atoms with Crippen LogP contribution in [-0.2, 0) is 0 Å². The van der Waals surface area contributed by atoms with E-state index in [4.69, 9.17) is 11.6 Å². The summed E-state index contributed by atoms with van der Waals surface area (Å²) in [5.74, 6) is 0.869. The maximum atomic E-state index is 12.5. The molecule has 1 unspecified atom stereocenters. The number of likely N-dealkylation sites (tertiary alicyclic amines) is 1. The van der Waals surface area contributed by atoms with Gasteiger partial charge in [0, 0.05) is 18.5 Å². The zero-order valence-electron chi connectivity index (χ0n) is 10.4. The molecule has 18 heavy (non-hydrogen) atoms. The molecule has 1 amide bonds. The van der Waals surface area contributed by atoms with Crippen LogP contribution in [-0.4, -0.2) is 29.3 Å². The molecule has 0 saturated carbocycles. The summed E-state index contributed by atoms with van der Waals surface area (Å²) in [6, 6.07) is 2.37. The van der Waals surface area contributed by atoms with Gasteiger partial charge in [0.1, 0.15) is 0 Å². The molecule has 1 aliphatic heterocycles. The molecule has 1 atom stereocenters. The molecule has 0 aromatic carbocycles. The smallest absolute Gasteiger partial charge is 0.264 e. The van der Waals surface area contributed by atoms with E-state index in [9.17, 15) is 4.79 Å². The maximum absolute atomic E-state index is 12.5. The standard InChI is InChI=1S/C13H17BrClNOS/c1-9-8-11(18-12(9)14)13(17)16-7-3-5-10(16)4-2-6-15/h8,10H,2-7H2,1H3. The quantitative estimate of drug-likeness (QED) is 0.735. The largest absolute Gasteiger partial charge is 0.335 e. The number of thiophene rings is 1. The minimum Gasteiger partial charge on any atom is -0.335 e.